The lowest BCUT2D eigenvalue weighted by Gasteiger charge is -2.09. The molecule has 0 atom stereocenters. The smallest absolute Gasteiger partial charge is 0.230 e. The zero-order valence-corrected chi connectivity index (χ0v) is 14.8. The third-order valence-electron chi connectivity index (χ3n) is 3.49. The highest BCUT2D eigenvalue weighted by Crippen LogP contribution is 2.28. The summed E-state index contributed by atoms with van der Waals surface area (Å²) in [5, 5.41) is 2.93. The lowest BCUT2D eigenvalue weighted by molar-refractivity contribution is 0.412. The number of anilines is 2. The second kappa shape index (κ2) is 7.04. The third-order valence-corrected chi connectivity index (χ3v) is 4.60. The van der Waals surface area contributed by atoms with Gasteiger partial charge in [0.15, 0.2) is 15.7 Å². The summed E-state index contributed by atoms with van der Waals surface area (Å²) >= 11 is 0. The lowest BCUT2D eigenvalue weighted by atomic mass is 10.2. The normalized spacial score (nSPS) is 11.2. The molecule has 1 heterocycles. The van der Waals surface area contributed by atoms with E-state index >= 15 is 0 Å². The van der Waals surface area contributed by atoms with Crippen LogP contribution < -0.4 is 10.1 Å². The molecule has 0 radical (unpaired) electrons. The monoisotopic (exact) mass is 374 g/mol. The van der Waals surface area contributed by atoms with Gasteiger partial charge in [0.05, 0.1) is 17.6 Å². The van der Waals surface area contributed by atoms with Crippen molar-refractivity contribution in [2.24, 2.45) is 0 Å². The fraction of sp³-hybridized carbons (Fsp3) is 0.118. The van der Waals surface area contributed by atoms with E-state index in [-0.39, 0.29) is 10.8 Å². The van der Waals surface area contributed by atoms with Gasteiger partial charge in [-0.05, 0) is 30.3 Å². The van der Waals surface area contributed by atoms with E-state index in [9.17, 15) is 12.8 Å². The van der Waals surface area contributed by atoms with Crippen LogP contribution in [-0.2, 0) is 9.84 Å². The van der Waals surface area contributed by atoms with Gasteiger partial charge < -0.3 is 10.1 Å². The maximum absolute atomic E-state index is 13.4. The first-order valence-electron chi connectivity index (χ1n) is 7.47. The van der Waals surface area contributed by atoms with Crippen LogP contribution in [0.25, 0.3) is 11.4 Å². The van der Waals surface area contributed by atoms with Crippen LogP contribution in [0.15, 0.2) is 53.7 Å². The third kappa shape index (κ3) is 3.94. The van der Waals surface area contributed by atoms with Crippen LogP contribution in [0, 0.1) is 5.82 Å². The molecule has 0 amide bonds. The number of rotatable bonds is 5. The standard InChI is InChI=1S/C17H15FN4O3S/c1-25-15-8-11(18)6-7-14(15)16-19-10-20-17(22-16)21-12-4-3-5-13(9-12)26(2,23)24/h3-10H,1-2H3,(H,19,20,21,22). The molecule has 26 heavy (non-hydrogen) atoms. The number of hydrogen-bond donors (Lipinski definition) is 1. The van der Waals surface area contributed by atoms with Gasteiger partial charge in [0, 0.05) is 18.0 Å². The molecule has 0 saturated heterocycles. The summed E-state index contributed by atoms with van der Waals surface area (Å²) in [5.41, 5.74) is 1.01. The van der Waals surface area contributed by atoms with E-state index in [4.69, 9.17) is 4.74 Å². The highest BCUT2D eigenvalue weighted by molar-refractivity contribution is 7.90. The van der Waals surface area contributed by atoms with Crippen molar-refractivity contribution in [1.29, 1.82) is 0 Å². The summed E-state index contributed by atoms with van der Waals surface area (Å²) in [7, 11) is -1.90. The number of hydrogen-bond acceptors (Lipinski definition) is 7. The van der Waals surface area contributed by atoms with Crippen molar-refractivity contribution in [2.75, 3.05) is 18.7 Å². The van der Waals surface area contributed by atoms with Gasteiger partial charge in [0.2, 0.25) is 5.95 Å². The molecule has 2 aromatic carbocycles. The van der Waals surface area contributed by atoms with E-state index in [1.807, 2.05) is 0 Å². The number of halogens is 1. The molecule has 0 bridgehead atoms. The van der Waals surface area contributed by atoms with Crippen LogP contribution >= 0.6 is 0 Å². The van der Waals surface area contributed by atoms with E-state index < -0.39 is 15.7 Å². The quantitative estimate of drug-likeness (QED) is 0.734. The van der Waals surface area contributed by atoms with Gasteiger partial charge >= 0.3 is 0 Å². The molecule has 0 saturated carbocycles. The molecule has 3 rings (SSSR count). The van der Waals surface area contributed by atoms with Gasteiger partial charge in [0.1, 0.15) is 17.9 Å². The first kappa shape index (κ1) is 17.7. The van der Waals surface area contributed by atoms with E-state index in [1.165, 1.54) is 43.8 Å². The number of nitrogens with one attached hydrogen (secondary N) is 1. The van der Waals surface area contributed by atoms with Crippen molar-refractivity contribution in [3.05, 3.63) is 54.6 Å². The second-order valence-corrected chi connectivity index (χ2v) is 7.42. The Morgan fingerprint density at radius 3 is 2.65 bits per heavy atom. The molecule has 1 N–H and O–H groups in total. The summed E-state index contributed by atoms with van der Waals surface area (Å²) in [6.07, 6.45) is 2.43. The summed E-state index contributed by atoms with van der Waals surface area (Å²) in [4.78, 5) is 12.6. The first-order chi connectivity index (χ1) is 12.4. The molecule has 0 aliphatic carbocycles. The molecule has 134 valence electrons. The van der Waals surface area contributed by atoms with Crippen molar-refractivity contribution >= 4 is 21.5 Å². The van der Waals surface area contributed by atoms with Crippen LogP contribution in [0.3, 0.4) is 0 Å². The second-order valence-electron chi connectivity index (χ2n) is 5.40. The Labute approximate surface area is 149 Å². The molecule has 9 heteroatoms. The molecular weight excluding hydrogens is 359 g/mol. The minimum Gasteiger partial charge on any atom is -0.496 e. The average molecular weight is 374 g/mol. The zero-order chi connectivity index (χ0) is 18.7. The molecule has 3 aromatic rings. The molecule has 0 spiro atoms. The van der Waals surface area contributed by atoms with Gasteiger partial charge in [-0.2, -0.15) is 4.98 Å². The highest BCUT2D eigenvalue weighted by atomic mass is 32.2. The Bertz CT molecular complexity index is 1060. The Kier molecular flexibility index (Phi) is 4.81. The molecule has 1 aromatic heterocycles. The Morgan fingerprint density at radius 2 is 1.92 bits per heavy atom. The van der Waals surface area contributed by atoms with Gasteiger partial charge in [0.25, 0.3) is 0 Å². The maximum Gasteiger partial charge on any atom is 0.230 e. The van der Waals surface area contributed by atoms with Gasteiger partial charge in [-0.1, -0.05) is 6.07 Å². The Morgan fingerprint density at radius 1 is 1.12 bits per heavy atom. The molecule has 7 nitrogen and oxygen atoms in total. The van der Waals surface area contributed by atoms with Crippen LogP contribution in [-0.4, -0.2) is 36.7 Å². The first-order valence-corrected chi connectivity index (χ1v) is 9.36. The van der Waals surface area contributed by atoms with Crippen LogP contribution in [0.5, 0.6) is 5.75 Å². The Balaban J connectivity index is 1.94. The largest absolute Gasteiger partial charge is 0.496 e. The van der Waals surface area contributed by atoms with Crippen molar-refractivity contribution in [1.82, 2.24) is 15.0 Å². The van der Waals surface area contributed by atoms with Crippen molar-refractivity contribution < 1.29 is 17.5 Å². The average Bonchev–Trinajstić information content (AvgIpc) is 2.61. The lowest BCUT2D eigenvalue weighted by Crippen LogP contribution is -2.02. The number of methoxy groups -OCH3 is 1. The fourth-order valence-electron chi connectivity index (χ4n) is 2.27. The molecule has 0 aliphatic heterocycles. The summed E-state index contributed by atoms with van der Waals surface area (Å²) in [5.74, 6) is 0.363. The number of ether oxygens (including phenoxy) is 1. The van der Waals surface area contributed by atoms with Crippen LogP contribution in [0.1, 0.15) is 0 Å². The van der Waals surface area contributed by atoms with Gasteiger partial charge in [-0.3, -0.25) is 0 Å². The maximum atomic E-state index is 13.4. The van der Waals surface area contributed by atoms with E-state index in [1.54, 1.807) is 12.1 Å². The van der Waals surface area contributed by atoms with Gasteiger partial charge in [-0.25, -0.2) is 22.8 Å². The topological polar surface area (TPSA) is 94.1 Å². The Hall–Kier alpha value is -3.07. The molecular formula is C17H15FN4O3S. The highest BCUT2D eigenvalue weighted by Gasteiger charge is 2.12. The van der Waals surface area contributed by atoms with E-state index in [0.29, 0.717) is 22.8 Å². The minimum absolute atomic E-state index is 0.178. The van der Waals surface area contributed by atoms with Crippen LogP contribution in [0.2, 0.25) is 0 Å². The van der Waals surface area contributed by atoms with Crippen LogP contribution in [0.4, 0.5) is 16.0 Å². The SMILES string of the molecule is COc1cc(F)ccc1-c1ncnc(Nc2cccc(S(C)(=O)=O)c2)n1. The number of aromatic nitrogens is 3. The zero-order valence-electron chi connectivity index (χ0n) is 14.0. The molecule has 0 unspecified atom stereocenters. The van der Waals surface area contributed by atoms with E-state index in [0.717, 1.165) is 6.26 Å². The summed E-state index contributed by atoms with van der Waals surface area (Å²) < 4.78 is 41.8. The van der Waals surface area contributed by atoms with Crippen molar-refractivity contribution in [3.8, 4) is 17.1 Å². The fourth-order valence-corrected chi connectivity index (χ4v) is 2.94. The number of sulfone groups is 1. The number of nitrogens with zero attached hydrogens (tertiary/aromatic N) is 3. The number of benzene rings is 2. The van der Waals surface area contributed by atoms with Crippen molar-refractivity contribution in [2.45, 2.75) is 4.90 Å². The van der Waals surface area contributed by atoms with Gasteiger partial charge in [-0.15, -0.1) is 0 Å². The predicted molar refractivity (Wildman–Crippen MR) is 94.6 cm³/mol. The van der Waals surface area contributed by atoms with E-state index in [2.05, 4.69) is 20.3 Å². The minimum atomic E-state index is -3.33. The molecule has 0 fully saturated rings. The van der Waals surface area contributed by atoms with Crippen molar-refractivity contribution in [3.63, 3.8) is 0 Å². The molecule has 0 aliphatic rings. The summed E-state index contributed by atoms with van der Waals surface area (Å²) in [6.45, 7) is 0. The predicted octanol–water partition coefficient (Wildman–Crippen LogP) is 2.83. The summed E-state index contributed by atoms with van der Waals surface area (Å²) in [6, 6.07) is 10.3.